The first-order valence-corrected chi connectivity index (χ1v) is 10.5. The number of hydrogen-bond acceptors (Lipinski definition) is 6. The lowest BCUT2D eigenvalue weighted by molar-refractivity contribution is 0.200. The molecule has 0 radical (unpaired) electrons. The Morgan fingerprint density at radius 1 is 0.962 bits per heavy atom. The van der Waals surface area contributed by atoms with Crippen LogP contribution in [0.3, 0.4) is 0 Å². The third-order valence-electron chi connectivity index (χ3n) is 5.82. The molecule has 0 N–H and O–H groups in total. The molecule has 3 aromatic rings. The highest BCUT2D eigenvalue weighted by Gasteiger charge is 2.26. The molecular weight excluding hydrogens is 344 g/mol. The maximum atomic E-state index is 4.58. The van der Waals surface area contributed by atoms with Crippen LogP contribution in [0.2, 0.25) is 0 Å². The van der Waals surface area contributed by atoms with Gasteiger partial charge in [-0.3, -0.25) is 4.90 Å². The van der Waals surface area contributed by atoms with Gasteiger partial charge in [-0.05, 0) is 56.5 Å². The van der Waals surface area contributed by atoms with E-state index in [9.17, 15) is 0 Å². The van der Waals surface area contributed by atoms with Crippen molar-refractivity contribution >= 4 is 22.8 Å². The van der Waals surface area contributed by atoms with Gasteiger partial charge in [0.1, 0.15) is 22.7 Å². The Hall–Kier alpha value is -1.86. The predicted molar refractivity (Wildman–Crippen MR) is 102 cm³/mol. The molecule has 0 spiro atoms. The Morgan fingerprint density at radius 2 is 1.85 bits per heavy atom. The summed E-state index contributed by atoms with van der Waals surface area (Å²) in [5.74, 6) is 3.03. The van der Waals surface area contributed by atoms with E-state index in [1.54, 1.807) is 0 Å². The Bertz CT molecular complexity index is 892. The number of rotatable bonds is 3. The van der Waals surface area contributed by atoms with E-state index in [-0.39, 0.29) is 0 Å². The number of likely N-dealkylation sites (tertiary alicyclic amines) is 1. The van der Waals surface area contributed by atoms with Gasteiger partial charge in [0.2, 0.25) is 0 Å². The van der Waals surface area contributed by atoms with E-state index < -0.39 is 0 Å². The number of benzene rings is 1. The molecule has 2 aromatic heterocycles. The number of aryl methyl sites for hydroxylation is 1. The van der Waals surface area contributed by atoms with Crippen molar-refractivity contribution < 1.29 is 0 Å². The van der Waals surface area contributed by atoms with Crippen LogP contribution in [0.1, 0.15) is 55.2 Å². The molecule has 5 rings (SSSR count). The monoisotopic (exact) mass is 368 g/mol. The van der Waals surface area contributed by atoms with Crippen molar-refractivity contribution in [3.63, 3.8) is 0 Å². The van der Waals surface area contributed by atoms with Crippen LogP contribution >= 0.6 is 11.7 Å². The van der Waals surface area contributed by atoms with Crippen molar-refractivity contribution in [2.75, 3.05) is 13.1 Å². The maximum Gasteiger partial charge on any atom is 0.136 e. The van der Waals surface area contributed by atoms with Crippen LogP contribution in [0.5, 0.6) is 0 Å². The van der Waals surface area contributed by atoms with Gasteiger partial charge in [-0.1, -0.05) is 12.5 Å². The zero-order valence-corrected chi connectivity index (χ0v) is 15.8. The second-order valence-corrected chi connectivity index (χ2v) is 8.10. The van der Waals surface area contributed by atoms with Crippen LogP contribution in [0.15, 0.2) is 18.2 Å². The molecule has 6 nitrogen and oxygen atoms in total. The molecule has 0 amide bonds. The van der Waals surface area contributed by atoms with E-state index >= 15 is 0 Å². The molecule has 1 aromatic carbocycles. The van der Waals surface area contributed by atoms with E-state index in [1.807, 2.05) is 0 Å². The summed E-state index contributed by atoms with van der Waals surface area (Å²) in [6.45, 7) is 4.36. The van der Waals surface area contributed by atoms with Crippen molar-refractivity contribution in [2.45, 2.75) is 57.5 Å². The molecule has 0 saturated carbocycles. The second-order valence-electron chi connectivity index (χ2n) is 7.57. The largest absolute Gasteiger partial charge is 0.315 e. The molecule has 0 bridgehead atoms. The lowest BCUT2D eigenvalue weighted by Gasteiger charge is -2.31. The van der Waals surface area contributed by atoms with Crippen LogP contribution in [0, 0.1) is 0 Å². The molecule has 0 atom stereocenters. The van der Waals surface area contributed by atoms with Gasteiger partial charge in [-0.25, -0.2) is 0 Å². The quantitative estimate of drug-likeness (QED) is 0.709. The fourth-order valence-corrected chi connectivity index (χ4v) is 4.86. The standard InChI is InChI=1S/C19H24N6S/c1-2-4-18-20-21-19(25(18)9-3-1)15-7-10-24(11-8-15)13-14-5-6-16-17(12-14)23-26-22-16/h5-6,12,15H,1-4,7-11,13H2. The van der Waals surface area contributed by atoms with Gasteiger partial charge in [0, 0.05) is 25.4 Å². The Labute approximate surface area is 157 Å². The second kappa shape index (κ2) is 7.04. The Morgan fingerprint density at radius 3 is 2.77 bits per heavy atom. The summed E-state index contributed by atoms with van der Waals surface area (Å²) in [4.78, 5) is 2.55. The molecule has 26 heavy (non-hydrogen) atoms. The molecule has 7 heteroatoms. The first kappa shape index (κ1) is 16.3. The van der Waals surface area contributed by atoms with Gasteiger partial charge in [-0.15, -0.1) is 10.2 Å². The van der Waals surface area contributed by atoms with E-state index in [0.717, 1.165) is 43.6 Å². The zero-order valence-electron chi connectivity index (χ0n) is 15.0. The minimum absolute atomic E-state index is 0.566. The van der Waals surface area contributed by atoms with Gasteiger partial charge in [-0.2, -0.15) is 8.75 Å². The maximum absolute atomic E-state index is 4.58. The average molecular weight is 369 g/mol. The highest BCUT2D eigenvalue weighted by molar-refractivity contribution is 7.00. The van der Waals surface area contributed by atoms with Crippen molar-refractivity contribution in [1.82, 2.24) is 28.4 Å². The minimum atomic E-state index is 0.566. The predicted octanol–water partition coefficient (Wildman–Crippen LogP) is 3.39. The van der Waals surface area contributed by atoms with Gasteiger partial charge in [0.25, 0.3) is 0 Å². The summed E-state index contributed by atoms with van der Waals surface area (Å²) in [6, 6.07) is 6.46. The normalized spacial score (nSPS) is 19.5. The van der Waals surface area contributed by atoms with Gasteiger partial charge < -0.3 is 4.57 Å². The fourth-order valence-electron chi connectivity index (χ4n) is 4.34. The van der Waals surface area contributed by atoms with E-state index in [1.165, 1.54) is 61.0 Å². The topological polar surface area (TPSA) is 59.7 Å². The van der Waals surface area contributed by atoms with Crippen molar-refractivity contribution in [1.29, 1.82) is 0 Å². The fraction of sp³-hybridized carbons (Fsp3) is 0.579. The smallest absolute Gasteiger partial charge is 0.136 e. The number of aromatic nitrogens is 5. The lowest BCUT2D eigenvalue weighted by atomic mass is 9.95. The number of nitrogens with zero attached hydrogens (tertiary/aromatic N) is 6. The minimum Gasteiger partial charge on any atom is -0.315 e. The Balaban J connectivity index is 1.24. The molecule has 0 unspecified atom stereocenters. The van der Waals surface area contributed by atoms with Crippen molar-refractivity contribution in [2.24, 2.45) is 0 Å². The third-order valence-corrected chi connectivity index (χ3v) is 6.37. The summed E-state index contributed by atoms with van der Waals surface area (Å²) >= 11 is 1.29. The van der Waals surface area contributed by atoms with Crippen LogP contribution in [0.4, 0.5) is 0 Å². The highest BCUT2D eigenvalue weighted by Crippen LogP contribution is 2.29. The van der Waals surface area contributed by atoms with Crippen LogP contribution in [-0.2, 0) is 19.5 Å². The summed E-state index contributed by atoms with van der Waals surface area (Å²) in [5, 5.41) is 9.07. The van der Waals surface area contributed by atoms with Crippen molar-refractivity contribution in [3.8, 4) is 0 Å². The molecule has 1 fully saturated rings. The van der Waals surface area contributed by atoms with E-state index in [2.05, 4.69) is 46.6 Å². The van der Waals surface area contributed by atoms with Gasteiger partial charge in [0.15, 0.2) is 0 Å². The third kappa shape index (κ3) is 3.14. The van der Waals surface area contributed by atoms with Crippen LogP contribution in [-0.4, -0.2) is 41.5 Å². The molecule has 2 aliphatic rings. The molecule has 0 aliphatic carbocycles. The number of piperidine rings is 1. The molecular formula is C19H24N6S. The SMILES string of the molecule is c1cc2nsnc2cc1CN1CCC(c2nnc3n2CCCCC3)CC1. The molecule has 2 aliphatic heterocycles. The van der Waals surface area contributed by atoms with Gasteiger partial charge in [0.05, 0.1) is 11.7 Å². The summed E-state index contributed by atoms with van der Waals surface area (Å²) in [7, 11) is 0. The summed E-state index contributed by atoms with van der Waals surface area (Å²) < 4.78 is 11.1. The van der Waals surface area contributed by atoms with Crippen LogP contribution < -0.4 is 0 Å². The van der Waals surface area contributed by atoms with Crippen molar-refractivity contribution in [3.05, 3.63) is 35.4 Å². The summed E-state index contributed by atoms with van der Waals surface area (Å²) in [5.41, 5.74) is 3.36. The highest BCUT2D eigenvalue weighted by atomic mass is 32.1. The number of hydrogen-bond donors (Lipinski definition) is 0. The zero-order chi connectivity index (χ0) is 17.3. The van der Waals surface area contributed by atoms with Crippen LogP contribution in [0.25, 0.3) is 11.0 Å². The van der Waals surface area contributed by atoms with E-state index in [4.69, 9.17) is 0 Å². The van der Waals surface area contributed by atoms with Gasteiger partial charge >= 0.3 is 0 Å². The molecule has 136 valence electrons. The average Bonchev–Trinajstić information content (AvgIpc) is 3.23. The molecule has 4 heterocycles. The number of fused-ring (bicyclic) bond motifs is 2. The van der Waals surface area contributed by atoms with E-state index in [0.29, 0.717) is 5.92 Å². The first-order valence-electron chi connectivity index (χ1n) is 9.72. The first-order chi connectivity index (χ1) is 12.9. The lowest BCUT2D eigenvalue weighted by Crippen LogP contribution is -2.33. The summed E-state index contributed by atoms with van der Waals surface area (Å²) in [6.07, 6.45) is 7.30. The molecule has 1 saturated heterocycles. The Kier molecular flexibility index (Phi) is 4.42.